The van der Waals surface area contributed by atoms with E-state index < -0.39 is 0 Å². The van der Waals surface area contributed by atoms with E-state index in [0.29, 0.717) is 5.92 Å². The van der Waals surface area contributed by atoms with E-state index in [9.17, 15) is 0 Å². The van der Waals surface area contributed by atoms with Crippen LogP contribution < -0.4 is 5.32 Å². The van der Waals surface area contributed by atoms with Crippen LogP contribution in [0.2, 0.25) is 0 Å². The molecule has 1 aromatic carbocycles. The number of para-hydroxylation sites is 1. The maximum absolute atomic E-state index is 4.33. The van der Waals surface area contributed by atoms with Crippen LogP contribution in [0, 0.1) is 0 Å². The van der Waals surface area contributed by atoms with Gasteiger partial charge in [-0.05, 0) is 30.5 Å². The minimum Gasteiger partial charge on any atom is -0.313 e. The van der Waals surface area contributed by atoms with Crippen LogP contribution in [0.5, 0.6) is 0 Å². The van der Waals surface area contributed by atoms with Gasteiger partial charge in [-0.2, -0.15) is 0 Å². The van der Waals surface area contributed by atoms with Gasteiger partial charge in [0.2, 0.25) is 0 Å². The molecule has 19 heavy (non-hydrogen) atoms. The van der Waals surface area contributed by atoms with E-state index in [4.69, 9.17) is 0 Å². The summed E-state index contributed by atoms with van der Waals surface area (Å²) >= 11 is 0. The normalized spacial score (nSPS) is 12.6. The molecule has 3 nitrogen and oxygen atoms in total. The molecule has 0 amide bonds. The minimum absolute atomic E-state index is 0.523. The van der Waals surface area contributed by atoms with Crippen LogP contribution in [-0.4, -0.2) is 16.1 Å². The first-order chi connectivity index (χ1) is 9.27. The highest BCUT2D eigenvalue weighted by atomic mass is 15.1. The van der Waals surface area contributed by atoms with Crippen LogP contribution in [0.3, 0.4) is 0 Å². The number of hydrogen-bond donors (Lipinski definition) is 1. The Morgan fingerprint density at radius 2 is 2.05 bits per heavy atom. The van der Waals surface area contributed by atoms with Gasteiger partial charge in [0.05, 0.1) is 12.0 Å². The van der Waals surface area contributed by atoms with Crippen LogP contribution in [-0.2, 0) is 6.54 Å². The van der Waals surface area contributed by atoms with E-state index in [-0.39, 0.29) is 0 Å². The Balaban J connectivity index is 2.38. The summed E-state index contributed by atoms with van der Waals surface area (Å²) in [5.41, 5.74) is 3.83. The first-order valence-electron chi connectivity index (χ1n) is 7.09. The minimum atomic E-state index is 0.523. The molecule has 1 atom stereocenters. The summed E-state index contributed by atoms with van der Waals surface area (Å²) in [6.07, 6.45) is 5.03. The molecule has 2 aromatic rings. The number of aromatic nitrogens is 2. The van der Waals surface area contributed by atoms with E-state index in [1.54, 1.807) is 0 Å². The van der Waals surface area contributed by atoms with Crippen LogP contribution in [0.25, 0.3) is 5.69 Å². The number of nitrogens with zero attached hydrogens (tertiary/aromatic N) is 2. The molecule has 0 fully saturated rings. The number of rotatable bonds is 6. The summed E-state index contributed by atoms with van der Waals surface area (Å²) in [5.74, 6) is 0.523. The van der Waals surface area contributed by atoms with Gasteiger partial charge in [-0.15, -0.1) is 0 Å². The largest absolute Gasteiger partial charge is 0.313 e. The lowest BCUT2D eigenvalue weighted by molar-refractivity contribution is 0.682. The second-order valence-corrected chi connectivity index (χ2v) is 4.91. The smallest absolute Gasteiger partial charge is 0.0994 e. The summed E-state index contributed by atoms with van der Waals surface area (Å²) in [6, 6.07) is 8.53. The number of nitrogens with one attached hydrogen (secondary N) is 1. The maximum atomic E-state index is 4.33. The van der Waals surface area contributed by atoms with Crippen molar-refractivity contribution >= 4 is 0 Å². The lowest BCUT2D eigenvalue weighted by atomic mass is 10.0. The van der Waals surface area contributed by atoms with Gasteiger partial charge in [0.15, 0.2) is 0 Å². The van der Waals surface area contributed by atoms with Crippen molar-refractivity contribution in [1.82, 2.24) is 14.9 Å². The Labute approximate surface area is 115 Å². The maximum Gasteiger partial charge on any atom is 0.0994 e. The predicted octanol–water partition coefficient (Wildman–Crippen LogP) is 3.50. The summed E-state index contributed by atoms with van der Waals surface area (Å²) in [4.78, 5) is 4.33. The summed E-state index contributed by atoms with van der Waals surface area (Å²) < 4.78 is 2.22. The predicted molar refractivity (Wildman–Crippen MR) is 79.7 cm³/mol. The van der Waals surface area contributed by atoms with Gasteiger partial charge >= 0.3 is 0 Å². The van der Waals surface area contributed by atoms with Gasteiger partial charge in [0.25, 0.3) is 0 Å². The molecule has 0 saturated carbocycles. The highest BCUT2D eigenvalue weighted by Crippen LogP contribution is 2.23. The Kier molecular flexibility index (Phi) is 4.74. The van der Waals surface area contributed by atoms with Crippen LogP contribution in [0.15, 0.2) is 36.8 Å². The SMILES string of the molecule is CCNCc1ccccc1-n1cncc1C(C)CC. The molecule has 1 unspecified atom stereocenters. The van der Waals surface area contributed by atoms with Gasteiger partial charge in [-0.25, -0.2) is 4.98 Å². The van der Waals surface area contributed by atoms with Gasteiger partial charge in [0.1, 0.15) is 0 Å². The first-order valence-corrected chi connectivity index (χ1v) is 7.09. The molecule has 1 aromatic heterocycles. The van der Waals surface area contributed by atoms with Crippen molar-refractivity contribution in [2.45, 2.75) is 39.7 Å². The molecule has 0 spiro atoms. The number of hydrogen-bond acceptors (Lipinski definition) is 2. The van der Waals surface area contributed by atoms with Crippen LogP contribution in [0.1, 0.15) is 44.4 Å². The lowest BCUT2D eigenvalue weighted by Crippen LogP contribution is -2.14. The molecule has 1 heterocycles. The average Bonchev–Trinajstić information content (AvgIpc) is 2.93. The zero-order valence-electron chi connectivity index (χ0n) is 12.1. The molecule has 0 bridgehead atoms. The fourth-order valence-corrected chi connectivity index (χ4v) is 2.24. The highest BCUT2D eigenvalue weighted by molar-refractivity contribution is 5.42. The second kappa shape index (κ2) is 6.53. The van der Waals surface area contributed by atoms with Gasteiger partial charge in [-0.1, -0.05) is 39.0 Å². The molecule has 2 rings (SSSR count). The molecule has 0 radical (unpaired) electrons. The van der Waals surface area contributed by atoms with Crippen molar-refractivity contribution in [2.75, 3.05) is 6.54 Å². The Morgan fingerprint density at radius 1 is 1.26 bits per heavy atom. The molecule has 0 saturated heterocycles. The monoisotopic (exact) mass is 257 g/mol. The van der Waals surface area contributed by atoms with E-state index in [1.165, 1.54) is 16.9 Å². The number of imidazole rings is 1. The molecule has 3 heteroatoms. The van der Waals surface area contributed by atoms with Gasteiger partial charge in [0, 0.05) is 18.4 Å². The van der Waals surface area contributed by atoms with Crippen molar-refractivity contribution < 1.29 is 0 Å². The molecular formula is C16H23N3. The standard InChI is InChI=1S/C16H23N3/c1-4-13(3)16-11-18-12-19(16)15-9-7-6-8-14(15)10-17-5-2/h6-9,11-13,17H,4-5,10H2,1-3H3. The molecular weight excluding hydrogens is 234 g/mol. The zero-order valence-corrected chi connectivity index (χ0v) is 12.1. The third-order valence-corrected chi connectivity index (χ3v) is 3.60. The van der Waals surface area contributed by atoms with Crippen molar-refractivity contribution in [2.24, 2.45) is 0 Å². The lowest BCUT2D eigenvalue weighted by Gasteiger charge is -2.16. The van der Waals surface area contributed by atoms with E-state index in [0.717, 1.165) is 19.5 Å². The van der Waals surface area contributed by atoms with Crippen molar-refractivity contribution in [3.63, 3.8) is 0 Å². The average molecular weight is 257 g/mol. The van der Waals surface area contributed by atoms with E-state index in [2.05, 4.69) is 59.9 Å². The topological polar surface area (TPSA) is 29.9 Å². The summed E-state index contributed by atoms with van der Waals surface area (Å²) in [5, 5.41) is 3.40. The zero-order chi connectivity index (χ0) is 13.7. The van der Waals surface area contributed by atoms with Gasteiger partial charge < -0.3 is 9.88 Å². The fourth-order valence-electron chi connectivity index (χ4n) is 2.24. The van der Waals surface area contributed by atoms with Crippen LogP contribution in [0.4, 0.5) is 0 Å². The quantitative estimate of drug-likeness (QED) is 0.858. The first kappa shape index (κ1) is 13.8. The van der Waals surface area contributed by atoms with Crippen molar-refractivity contribution in [3.8, 4) is 5.69 Å². The molecule has 102 valence electrons. The van der Waals surface area contributed by atoms with Crippen LogP contribution >= 0.6 is 0 Å². The Hall–Kier alpha value is -1.61. The fraction of sp³-hybridized carbons (Fsp3) is 0.438. The third-order valence-electron chi connectivity index (χ3n) is 3.60. The Bertz CT molecular complexity index is 516. The molecule has 0 aliphatic heterocycles. The third kappa shape index (κ3) is 3.04. The van der Waals surface area contributed by atoms with Crippen molar-refractivity contribution in [3.05, 3.63) is 48.0 Å². The second-order valence-electron chi connectivity index (χ2n) is 4.91. The molecule has 0 aliphatic rings. The number of benzene rings is 1. The van der Waals surface area contributed by atoms with E-state index in [1.807, 2.05) is 12.5 Å². The van der Waals surface area contributed by atoms with Crippen molar-refractivity contribution in [1.29, 1.82) is 0 Å². The molecule has 0 aliphatic carbocycles. The summed E-state index contributed by atoms with van der Waals surface area (Å²) in [6.45, 7) is 8.47. The molecule has 1 N–H and O–H groups in total. The van der Waals surface area contributed by atoms with E-state index >= 15 is 0 Å². The highest BCUT2D eigenvalue weighted by Gasteiger charge is 2.12. The van der Waals surface area contributed by atoms with Gasteiger partial charge in [-0.3, -0.25) is 0 Å². The Morgan fingerprint density at radius 3 is 2.79 bits per heavy atom. The summed E-state index contributed by atoms with van der Waals surface area (Å²) in [7, 11) is 0.